The molecule has 0 radical (unpaired) electrons. The highest BCUT2D eigenvalue weighted by molar-refractivity contribution is 6.38. The first-order valence-corrected chi connectivity index (χ1v) is 19.4. The monoisotopic (exact) mass is 787 g/mol. The number of hydrogen-bond acceptors (Lipinski definition) is 11. The smallest absolute Gasteiger partial charge is 0.290 e. The van der Waals surface area contributed by atoms with Crippen LogP contribution in [0.5, 0.6) is 5.75 Å². The van der Waals surface area contributed by atoms with Gasteiger partial charge in [-0.1, -0.05) is 55.8 Å². The second kappa shape index (κ2) is 19.4. The number of tetrazole rings is 1. The van der Waals surface area contributed by atoms with Crippen LogP contribution >= 0.6 is 0 Å². The number of rotatable bonds is 11. The van der Waals surface area contributed by atoms with Gasteiger partial charge in [0.2, 0.25) is 29.4 Å². The average Bonchev–Trinajstić information content (AvgIpc) is 3.86. The van der Waals surface area contributed by atoms with Crippen molar-refractivity contribution in [2.75, 3.05) is 26.3 Å². The SMILES string of the molecule is CCCC(NC(=O)[C@@H]1C[C@@H]2CN1C(=O)[C@H](C)NC(=O)CCc1ccc(cc1)OCCCO2)C(=O)C(=O)NCC(=O)NC(c1ccccc1)c1nnnn1C(C)(C)C. The summed E-state index contributed by atoms with van der Waals surface area (Å²) in [4.78, 5) is 81.7. The molecule has 1 fully saturated rings. The molecule has 306 valence electrons. The Morgan fingerprint density at radius 2 is 1.72 bits per heavy atom. The van der Waals surface area contributed by atoms with Crippen LogP contribution < -0.4 is 26.0 Å². The van der Waals surface area contributed by atoms with Gasteiger partial charge in [-0.2, -0.15) is 0 Å². The van der Waals surface area contributed by atoms with Gasteiger partial charge >= 0.3 is 0 Å². The van der Waals surface area contributed by atoms with E-state index in [0.717, 1.165) is 5.56 Å². The Morgan fingerprint density at radius 3 is 2.42 bits per heavy atom. The van der Waals surface area contributed by atoms with Gasteiger partial charge in [-0.05, 0) is 74.2 Å². The fourth-order valence-electron chi connectivity index (χ4n) is 6.78. The zero-order chi connectivity index (χ0) is 41.1. The Bertz CT molecular complexity index is 1880. The van der Waals surface area contributed by atoms with E-state index < -0.39 is 71.8 Å². The highest BCUT2D eigenvalue weighted by Gasteiger charge is 2.43. The molecule has 1 saturated heterocycles. The number of fused-ring (bicyclic) bond motifs is 11. The van der Waals surface area contributed by atoms with Crippen LogP contribution in [0, 0.1) is 0 Å². The van der Waals surface area contributed by atoms with E-state index in [9.17, 15) is 28.8 Å². The van der Waals surface area contributed by atoms with Crippen molar-refractivity contribution in [1.82, 2.24) is 46.4 Å². The maximum atomic E-state index is 13.9. The Kier molecular flexibility index (Phi) is 14.5. The van der Waals surface area contributed by atoms with Crippen LogP contribution in [-0.4, -0.2) is 111 Å². The molecule has 0 spiro atoms. The van der Waals surface area contributed by atoms with Crippen molar-refractivity contribution in [2.45, 2.75) is 109 Å². The lowest BCUT2D eigenvalue weighted by Gasteiger charge is -2.28. The first-order valence-electron chi connectivity index (χ1n) is 19.4. The lowest BCUT2D eigenvalue weighted by molar-refractivity contribution is -0.143. The minimum atomic E-state index is -1.23. The number of ether oxygens (including phenoxy) is 2. The van der Waals surface area contributed by atoms with Gasteiger partial charge in [0, 0.05) is 25.8 Å². The standard InChI is InChI=1S/C40H53N9O8/c1-6-11-30(35(52)38(54)41-23-33(51)44-34(27-12-8-7-9-13-27)36-45-46-47-49(36)40(3,4)5)43-37(53)31-22-29-24-48(31)39(55)25(2)42-32(50)19-16-26-14-17-28(18-15-26)56-20-10-21-57-29/h7-9,12-15,17-18,25,29-31,34H,6,10-11,16,19-24H2,1-5H3,(H,41,54)(H,42,50)(H,43,53)(H,44,51)/t25-,29+,30?,31-,34?/m0/s1. The van der Waals surface area contributed by atoms with Crippen LogP contribution in [-0.2, 0) is 45.5 Å². The van der Waals surface area contributed by atoms with Crippen molar-refractivity contribution in [3.63, 3.8) is 0 Å². The number of nitrogens with zero attached hydrogens (tertiary/aromatic N) is 5. The predicted octanol–water partition coefficient (Wildman–Crippen LogP) is 1.51. The van der Waals surface area contributed by atoms with Gasteiger partial charge in [-0.3, -0.25) is 28.8 Å². The summed E-state index contributed by atoms with van der Waals surface area (Å²) >= 11 is 0. The zero-order valence-electron chi connectivity index (χ0n) is 33.2. The van der Waals surface area contributed by atoms with Crippen LogP contribution in [0.4, 0.5) is 0 Å². The second-order valence-electron chi connectivity index (χ2n) is 15.3. The lowest BCUT2D eigenvalue weighted by Crippen LogP contribution is -2.56. The summed E-state index contributed by atoms with van der Waals surface area (Å²) in [6, 6.07) is 12.6. The summed E-state index contributed by atoms with van der Waals surface area (Å²) in [6.45, 7) is 9.38. The first kappa shape index (κ1) is 42.4. The largest absolute Gasteiger partial charge is 0.494 e. The molecule has 3 aromatic rings. The number of aryl methyl sites for hydroxylation is 1. The van der Waals surface area contributed by atoms with Crippen molar-refractivity contribution < 1.29 is 38.2 Å². The Morgan fingerprint density at radius 1 is 0.982 bits per heavy atom. The topological polar surface area (TPSA) is 216 Å². The fourth-order valence-corrected chi connectivity index (χ4v) is 6.78. The van der Waals surface area contributed by atoms with Crippen LogP contribution in [0.2, 0.25) is 0 Å². The molecule has 6 rings (SSSR count). The van der Waals surface area contributed by atoms with E-state index in [1.165, 1.54) is 4.90 Å². The summed E-state index contributed by atoms with van der Waals surface area (Å²) in [7, 11) is 0. The highest BCUT2D eigenvalue weighted by Crippen LogP contribution is 2.25. The molecular weight excluding hydrogens is 734 g/mol. The molecule has 5 atom stereocenters. The summed E-state index contributed by atoms with van der Waals surface area (Å²) in [5, 5.41) is 22.8. The molecule has 2 unspecified atom stereocenters. The second-order valence-corrected chi connectivity index (χ2v) is 15.3. The van der Waals surface area contributed by atoms with E-state index in [1.54, 1.807) is 18.5 Å². The van der Waals surface area contributed by atoms with Gasteiger partial charge in [0.05, 0.1) is 37.4 Å². The molecule has 1 aromatic heterocycles. The maximum Gasteiger partial charge on any atom is 0.290 e. The van der Waals surface area contributed by atoms with Gasteiger partial charge in [0.1, 0.15) is 23.9 Å². The number of Topliss-reactive ketones (excluding diaryl/α,β-unsaturated/α-hetero) is 1. The minimum Gasteiger partial charge on any atom is -0.494 e. The molecule has 4 bridgehead atoms. The number of carbonyl (C=O) groups is 6. The molecule has 4 N–H and O–H groups in total. The van der Waals surface area contributed by atoms with E-state index >= 15 is 0 Å². The van der Waals surface area contributed by atoms with E-state index in [2.05, 4.69) is 36.8 Å². The zero-order valence-corrected chi connectivity index (χ0v) is 33.2. The molecule has 3 aliphatic heterocycles. The van der Waals surface area contributed by atoms with Crippen LogP contribution in [0.1, 0.15) is 89.7 Å². The van der Waals surface area contributed by atoms with Gasteiger partial charge in [0.15, 0.2) is 5.82 Å². The van der Waals surface area contributed by atoms with Gasteiger partial charge in [0.25, 0.3) is 5.91 Å². The van der Waals surface area contributed by atoms with E-state index in [4.69, 9.17) is 9.47 Å². The first-order chi connectivity index (χ1) is 27.2. The van der Waals surface area contributed by atoms with Crippen molar-refractivity contribution in [2.24, 2.45) is 0 Å². The number of benzene rings is 2. The normalized spacial score (nSPS) is 20.3. The van der Waals surface area contributed by atoms with Gasteiger partial charge < -0.3 is 35.6 Å². The molecular formula is C40H53N9O8. The third kappa shape index (κ3) is 11.4. The quantitative estimate of drug-likeness (QED) is 0.204. The number of nitrogens with one attached hydrogen (secondary N) is 4. The number of ketones is 1. The maximum absolute atomic E-state index is 13.9. The molecule has 0 aliphatic carbocycles. The summed E-state index contributed by atoms with van der Waals surface area (Å²) in [5.74, 6) is -2.95. The number of amides is 5. The molecule has 2 aromatic carbocycles. The third-order valence-electron chi connectivity index (χ3n) is 9.74. The molecule has 57 heavy (non-hydrogen) atoms. The minimum absolute atomic E-state index is 0.0901. The molecule has 4 heterocycles. The third-order valence-corrected chi connectivity index (χ3v) is 9.74. The Hall–Kier alpha value is -5.71. The van der Waals surface area contributed by atoms with Crippen molar-refractivity contribution in [3.8, 4) is 5.75 Å². The predicted molar refractivity (Wildman–Crippen MR) is 206 cm³/mol. The van der Waals surface area contributed by atoms with Crippen LogP contribution in [0.25, 0.3) is 0 Å². The van der Waals surface area contributed by atoms with Crippen molar-refractivity contribution in [1.29, 1.82) is 0 Å². The molecule has 17 nitrogen and oxygen atoms in total. The summed E-state index contributed by atoms with van der Waals surface area (Å²) in [6.07, 6.45) is 1.41. The van der Waals surface area contributed by atoms with Gasteiger partial charge in [-0.15, -0.1) is 5.10 Å². The van der Waals surface area contributed by atoms with E-state index in [1.807, 2.05) is 75.4 Å². The number of carbonyl (C=O) groups excluding carboxylic acids is 6. The fraction of sp³-hybridized carbons (Fsp3) is 0.525. The Labute approximate surface area is 332 Å². The van der Waals surface area contributed by atoms with E-state index in [-0.39, 0.29) is 31.7 Å². The molecule has 17 heteroatoms. The van der Waals surface area contributed by atoms with Crippen molar-refractivity contribution >= 4 is 35.3 Å². The van der Waals surface area contributed by atoms with Crippen molar-refractivity contribution in [3.05, 3.63) is 71.5 Å². The Balaban J connectivity index is 1.23. The average molecular weight is 788 g/mol. The van der Waals surface area contributed by atoms with Crippen LogP contribution in [0.15, 0.2) is 54.6 Å². The van der Waals surface area contributed by atoms with Gasteiger partial charge in [-0.25, -0.2) is 4.68 Å². The molecule has 0 saturated carbocycles. The van der Waals surface area contributed by atoms with Crippen LogP contribution in [0.3, 0.4) is 0 Å². The number of hydrogen-bond donors (Lipinski definition) is 4. The summed E-state index contributed by atoms with van der Waals surface area (Å²) in [5.41, 5.74) is 1.14. The number of aromatic nitrogens is 4. The highest BCUT2D eigenvalue weighted by atomic mass is 16.5. The van der Waals surface area contributed by atoms with E-state index in [0.29, 0.717) is 49.6 Å². The molecule has 3 aliphatic rings. The molecule has 5 amide bonds. The summed E-state index contributed by atoms with van der Waals surface area (Å²) < 4.78 is 13.5. The lowest BCUT2D eigenvalue weighted by atomic mass is 10.0.